The summed E-state index contributed by atoms with van der Waals surface area (Å²) < 4.78 is 10.4. The van der Waals surface area contributed by atoms with Crippen LogP contribution in [0, 0.1) is 0 Å². The normalized spacial score (nSPS) is 16.5. The first kappa shape index (κ1) is 18.3. The number of benzene rings is 2. The van der Waals surface area contributed by atoms with Crippen molar-refractivity contribution >= 4 is 5.91 Å². The van der Waals surface area contributed by atoms with Crippen LogP contribution in [0.4, 0.5) is 0 Å². The van der Waals surface area contributed by atoms with Gasteiger partial charge in [-0.05, 0) is 48.2 Å². The van der Waals surface area contributed by atoms with Crippen molar-refractivity contribution in [1.82, 2.24) is 4.90 Å². The number of aliphatic hydroxyl groups excluding tert-OH is 1. The van der Waals surface area contributed by atoms with Crippen molar-refractivity contribution in [2.24, 2.45) is 0 Å². The van der Waals surface area contributed by atoms with Crippen LogP contribution < -0.4 is 9.47 Å². The number of nitrogens with zero attached hydrogens (tertiary/aromatic N) is 1. The van der Waals surface area contributed by atoms with Crippen molar-refractivity contribution in [1.29, 1.82) is 0 Å². The summed E-state index contributed by atoms with van der Waals surface area (Å²) in [7, 11) is 3.29. The Labute approximate surface area is 154 Å². The fourth-order valence-corrected chi connectivity index (χ4v) is 3.49. The highest BCUT2D eigenvalue weighted by molar-refractivity contribution is 5.83. The lowest BCUT2D eigenvalue weighted by Crippen LogP contribution is -2.60. The molecule has 1 atom stereocenters. The number of likely N-dealkylation sites (tertiary alicyclic amines) is 1. The number of carbonyl (C=O) groups excluding carboxylic acids is 1. The van der Waals surface area contributed by atoms with E-state index in [0.29, 0.717) is 6.42 Å². The number of hydrogen-bond acceptors (Lipinski definition) is 4. The molecule has 0 saturated carbocycles. The Morgan fingerprint density at radius 3 is 1.77 bits per heavy atom. The zero-order valence-corrected chi connectivity index (χ0v) is 15.2. The van der Waals surface area contributed by atoms with Crippen molar-refractivity contribution in [3.63, 3.8) is 0 Å². The van der Waals surface area contributed by atoms with Crippen LogP contribution in [0.2, 0.25) is 0 Å². The third-order valence-corrected chi connectivity index (χ3v) is 4.96. The zero-order valence-electron chi connectivity index (χ0n) is 15.2. The standard InChI is InChI=1S/C21H25NO4/c1-25-19-7-3-15(4-8-19)11-17(22-18(14-23)13-21(22)24)12-16-5-9-20(26-2)10-6-16/h3-10,17-18,23H,11-14H2,1-2H3. The minimum Gasteiger partial charge on any atom is -0.497 e. The lowest BCUT2D eigenvalue weighted by molar-refractivity contribution is -0.152. The molecule has 1 unspecified atom stereocenters. The molecule has 3 rings (SSSR count). The van der Waals surface area contributed by atoms with Gasteiger partial charge in [0.15, 0.2) is 0 Å². The lowest BCUT2D eigenvalue weighted by Gasteiger charge is -2.45. The van der Waals surface area contributed by atoms with Crippen LogP contribution in [0.15, 0.2) is 48.5 Å². The molecule has 0 aliphatic carbocycles. The second kappa shape index (κ2) is 8.23. The Morgan fingerprint density at radius 1 is 0.962 bits per heavy atom. The summed E-state index contributed by atoms with van der Waals surface area (Å²) in [6.07, 6.45) is 1.90. The molecule has 2 aromatic rings. The Bertz CT molecular complexity index is 677. The van der Waals surface area contributed by atoms with Gasteiger partial charge >= 0.3 is 0 Å². The Kier molecular flexibility index (Phi) is 5.78. The number of aliphatic hydroxyl groups is 1. The van der Waals surface area contributed by atoms with Crippen LogP contribution >= 0.6 is 0 Å². The number of rotatable bonds is 8. The predicted octanol–water partition coefficient (Wildman–Crippen LogP) is 2.45. The first-order chi connectivity index (χ1) is 12.6. The van der Waals surface area contributed by atoms with Gasteiger partial charge in [-0.3, -0.25) is 4.79 Å². The first-order valence-electron chi connectivity index (χ1n) is 8.82. The summed E-state index contributed by atoms with van der Waals surface area (Å²) >= 11 is 0. The summed E-state index contributed by atoms with van der Waals surface area (Å²) in [6, 6.07) is 15.8. The van der Waals surface area contributed by atoms with Crippen molar-refractivity contribution in [3.05, 3.63) is 59.7 Å². The van der Waals surface area contributed by atoms with Gasteiger partial charge in [0.2, 0.25) is 5.91 Å². The maximum absolute atomic E-state index is 12.2. The van der Waals surface area contributed by atoms with E-state index in [9.17, 15) is 9.90 Å². The predicted molar refractivity (Wildman–Crippen MR) is 99.5 cm³/mol. The molecule has 1 fully saturated rings. The minimum atomic E-state index is -0.0796. The van der Waals surface area contributed by atoms with E-state index in [2.05, 4.69) is 0 Å². The summed E-state index contributed by atoms with van der Waals surface area (Å²) in [4.78, 5) is 14.0. The van der Waals surface area contributed by atoms with Crippen molar-refractivity contribution in [2.75, 3.05) is 20.8 Å². The highest BCUT2D eigenvalue weighted by Gasteiger charge is 2.40. The SMILES string of the molecule is COc1ccc(CC(Cc2ccc(OC)cc2)N2C(=O)CC2CO)cc1. The molecule has 26 heavy (non-hydrogen) atoms. The summed E-state index contributed by atoms with van der Waals surface area (Å²) in [5.41, 5.74) is 2.28. The van der Waals surface area contributed by atoms with Crippen molar-refractivity contribution in [3.8, 4) is 11.5 Å². The fraction of sp³-hybridized carbons (Fsp3) is 0.381. The van der Waals surface area contributed by atoms with Crippen LogP contribution in [0.3, 0.4) is 0 Å². The monoisotopic (exact) mass is 355 g/mol. The van der Waals surface area contributed by atoms with Crippen molar-refractivity contribution < 1.29 is 19.4 Å². The molecule has 5 heteroatoms. The highest BCUT2D eigenvalue weighted by atomic mass is 16.5. The topological polar surface area (TPSA) is 59.0 Å². The molecule has 0 spiro atoms. The van der Waals surface area contributed by atoms with Gasteiger partial charge in [-0.2, -0.15) is 0 Å². The largest absolute Gasteiger partial charge is 0.497 e. The molecule has 5 nitrogen and oxygen atoms in total. The number of methoxy groups -OCH3 is 2. The van der Waals surface area contributed by atoms with Crippen LogP contribution in [0.25, 0.3) is 0 Å². The van der Waals surface area contributed by atoms with Gasteiger partial charge in [0.25, 0.3) is 0 Å². The molecule has 1 aliphatic rings. The van der Waals surface area contributed by atoms with Crippen LogP contribution in [0.1, 0.15) is 17.5 Å². The Morgan fingerprint density at radius 2 is 1.42 bits per heavy atom. The molecule has 0 bridgehead atoms. The summed E-state index contributed by atoms with van der Waals surface area (Å²) in [6.45, 7) is 0.00741. The number of amides is 1. The van der Waals surface area contributed by atoms with E-state index >= 15 is 0 Å². The highest BCUT2D eigenvalue weighted by Crippen LogP contribution is 2.27. The Hall–Kier alpha value is -2.53. The number of β-lactam (4-membered cyclic amide) rings is 1. The molecule has 138 valence electrons. The maximum atomic E-state index is 12.2. The second-order valence-corrected chi connectivity index (χ2v) is 6.60. The smallest absolute Gasteiger partial charge is 0.225 e. The van der Waals surface area contributed by atoms with E-state index < -0.39 is 0 Å². The van der Waals surface area contributed by atoms with Gasteiger partial charge in [-0.25, -0.2) is 0 Å². The molecule has 1 heterocycles. The third-order valence-electron chi connectivity index (χ3n) is 4.96. The van der Waals surface area contributed by atoms with Gasteiger partial charge in [-0.1, -0.05) is 24.3 Å². The van der Waals surface area contributed by atoms with Gasteiger partial charge in [0.1, 0.15) is 11.5 Å². The van der Waals surface area contributed by atoms with Crippen LogP contribution in [0.5, 0.6) is 11.5 Å². The van der Waals surface area contributed by atoms with Crippen LogP contribution in [-0.2, 0) is 17.6 Å². The second-order valence-electron chi connectivity index (χ2n) is 6.60. The van der Waals surface area contributed by atoms with E-state index in [4.69, 9.17) is 9.47 Å². The van der Waals surface area contributed by atoms with E-state index in [1.165, 1.54) is 0 Å². The molecule has 1 N–H and O–H groups in total. The number of ether oxygens (including phenoxy) is 2. The van der Waals surface area contributed by atoms with Crippen molar-refractivity contribution in [2.45, 2.75) is 31.3 Å². The number of carbonyl (C=O) groups is 1. The molecule has 0 aromatic heterocycles. The maximum Gasteiger partial charge on any atom is 0.225 e. The molecule has 1 saturated heterocycles. The van der Waals surface area contributed by atoms with E-state index in [1.807, 2.05) is 53.4 Å². The fourth-order valence-electron chi connectivity index (χ4n) is 3.49. The minimum absolute atomic E-state index is 0.00741. The summed E-state index contributed by atoms with van der Waals surface area (Å²) in [5, 5.41) is 9.56. The number of hydrogen-bond donors (Lipinski definition) is 1. The average molecular weight is 355 g/mol. The molecule has 1 aliphatic heterocycles. The lowest BCUT2D eigenvalue weighted by atomic mass is 9.91. The van der Waals surface area contributed by atoms with Gasteiger partial charge < -0.3 is 19.5 Å². The van der Waals surface area contributed by atoms with Crippen LogP contribution in [-0.4, -0.2) is 48.8 Å². The quantitative estimate of drug-likeness (QED) is 0.739. The molecule has 1 amide bonds. The van der Waals surface area contributed by atoms with Gasteiger partial charge in [-0.15, -0.1) is 0 Å². The molecule has 2 aromatic carbocycles. The first-order valence-corrected chi connectivity index (χ1v) is 8.82. The molecular formula is C21H25NO4. The average Bonchev–Trinajstić information content (AvgIpc) is 2.67. The molecular weight excluding hydrogens is 330 g/mol. The zero-order chi connectivity index (χ0) is 18.5. The van der Waals surface area contributed by atoms with E-state index in [-0.39, 0.29) is 24.6 Å². The van der Waals surface area contributed by atoms with E-state index in [0.717, 1.165) is 35.5 Å². The molecule has 0 radical (unpaired) electrons. The summed E-state index contributed by atoms with van der Waals surface area (Å²) in [5.74, 6) is 1.73. The Balaban J connectivity index is 1.79. The van der Waals surface area contributed by atoms with Gasteiger partial charge in [0, 0.05) is 12.5 Å². The van der Waals surface area contributed by atoms with Gasteiger partial charge in [0.05, 0.1) is 26.9 Å². The van der Waals surface area contributed by atoms with E-state index in [1.54, 1.807) is 14.2 Å². The third kappa shape index (κ3) is 3.99.